The lowest BCUT2D eigenvalue weighted by atomic mass is 9.85. The summed E-state index contributed by atoms with van der Waals surface area (Å²) in [6.45, 7) is 6.24. The van der Waals surface area contributed by atoms with Crippen LogP contribution in [0.4, 0.5) is 16.2 Å². The first-order valence-corrected chi connectivity index (χ1v) is 15.4. The third kappa shape index (κ3) is 11.8. The van der Waals surface area contributed by atoms with Crippen LogP contribution in [-0.4, -0.2) is 59.0 Å². The molecule has 2 aromatic rings. The highest BCUT2D eigenvalue weighted by molar-refractivity contribution is 6.19. The molecule has 1 aliphatic rings. The number of nitrogens with one attached hydrogen (secondary N) is 2. The van der Waals surface area contributed by atoms with E-state index in [1.165, 1.54) is 30.2 Å². The number of hydrogen-bond donors (Lipinski definition) is 2. The van der Waals surface area contributed by atoms with Crippen molar-refractivity contribution in [1.29, 1.82) is 0 Å². The molecule has 254 valence electrons. The van der Waals surface area contributed by atoms with Crippen LogP contribution in [-0.2, 0) is 25.7 Å². The summed E-state index contributed by atoms with van der Waals surface area (Å²) in [5, 5.41) is 5.15. The van der Waals surface area contributed by atoms with E-state index in [4.69, 9.17) is 4.74 Å². The molecule has 1 unspecified atom stereocenters. The molecule has 3 rings (SSSR count). The Morgan fingerprint density at radius 1 is 0.788 bits per heavy atom. The molecule has 1 aliphatic heterocycles. The van der Waals surface area contributed by atoms with Gasteiger partial charge in [-0.2, -0.15) is 0 Å². The Balaban J connectivity index is 1.73. The van der Waals surface area contributed by atoms with Crippen molar-refractivity contribution >= 4 is 40.9 Å². The SMILES string of the molecule is CC#CC#CC#CC#CC#CC#CC#CC#CC(=O)Nc1ccc(OC)c(NC(=O)C(C(=O)C(C)(C)C)N2C(=O)CN(Cc3ccccc3)C2=O)c1. The summed E-state index contributed by atoms with van der Waals surface area (Å²) in [5.74, 6) is 36.7. The highest BCUT2D eigenvalue weighted by atomic mass is 16.5. The van der Waals surface area contributed by atoms with E-state index in [0.29, 0.717) is 4.90 Å². The van der Waals surface area contributed by atoms with Gasteiger partial charge >= 0.3 is 11.9 Å². The predicted molar refractivity (Wildman–Crippen MR) is 195 cm³/mol. The van der Waals surface area contributed by atoms with Gasteiger partial charge in [-0.05, 0) is 114 Å². The van der Waals surface area contributed by atoms with Crippen molar-refractivity contribution in [3.63, 3.8) is 0 Å². The molecular formula is C42H30N4O6. The highest BCUT2D eigenvalue weighted by Crippen LogP contribution is 2.30. The van der Waals surface area contributed by atoms with Crippen molar-refractivity contribution in [3.05, 3.63) is 54.1 Å². The number of ether oxygens (including phenoxy) is 1. The maximum Gasteiger partial charge on any atom is 0.328 e. The Morgan fingerprint density at radius 3 is 1.88 bits per heavy atom. The molecule has 1 heterocycles. The van der Waals surface area contributed by atoms with Gasteiger partial charge in [-0.25, -0.2) is 9.69 Å². The van der Waals surface area contributed by atoms with Crippen LogP contribution < -0.4 is 15.4 Å². The van der Waals surface area contributed by atoms with Crippen molar-refractivity contribution < 1.29 is 28.7 Å². The molecule has 1 fully saturated rings. The predicted octanol–water partition coefficient (Wildman–Crippen LogP) is 3.07. The van der Waals surface area contributed by atoms with E-state index in [9.17, 15) is 24.0 Å². The molecular weight excluding hydrogens is 656 g/mol. The number of carbonyl (C=O) groups is 5. The van der Waals surface area contributed by atoms with Crippen LogP contribution in [0.15, 0.2) is 48.5 Å². The summed E-state index contributed by atoms with van der Waals surface area (Å²) >= 11 is 0. The van der Waals surface area contributed by atoms with Gasteiger partial charge in [0.2, 0.25) is 0 Å². The largest absolute Gasteiger partial charge is 0.495 e. The van der Waals surface area contributed by atoms with Crippen molar-refractivity contribution in [1.82, 2.24) is 9.80 Å². The van der Waals surface area contributed by atoms with E-state index in [1.807, 2.05) is 6.07 Å². The van der Waals surface area contributed by atoms with Crippen molar-refractivity contribution in [2.24, 2.45) is 5.41 Å². The molecule has 0 aromatic heterocycles. The van der Waals surface area contributed by atoms with Gasteiger partial charge in [0.15, 0.2) is 11.8 Å². The molecule has 2 aromatic carbocycles. The minimum Gasteiger partial charge on any atom is -0.495 e. The van der Waals surface area contributed by atoms with Crippen molar-refractivity contribution in [2.45, 2.75) is 40.3 Å². The average Bonchev–Trinajstić information content (AvgIpc) is 3.38. The number of amides is 5. The minimum absolute atomic E-state index is 0.0635. The first kappa shape index (κ1) is 38.7. The summed E-state index contributed by atoms with van der Waals surface area (Å²) in [6.07, 6.45) is 0. The third-order valence-corrected chi connectivity index (χ3v) is 6.61. The number of methoxy groups -OCH3 is 1. The summed E-state index contributed by atoms with van der Waals surface area (Å²) in [4.78, 5) is 68.5. The molecule has 0 aliphatic carbocycles. The van der Waals surface area contributed by atoms with E-state index in [0.717, 1.165) is 5.56 Å². The average molecular weight is 687 g/mol. The molecule has 10 heteroatoms. The fraction of sp³-hybridized carbons (Fsp3) is 0.214. The third-order valence-electron chi connectivity index (χ3n) is 6.61. The second-order valence-corrected chi connectivity index (χ2v) is 11.4. The van der Waals surface area contributed by atoms with Crippen molar-refractivity contribution in [3.8, 4) is 100 Å². The number of carbonyl (C=O) groups excluding carboxylic acids is 5. The molecule has 0 bridgehead atoms. The first-order chi connectivity index (χ1) is 25.0. The summed E-state index contributed by atoms with van der Waals surface area (Å²) in [5.41, 5.74) is -0.0422. The van der Waals surface area contributed by atoms with Crippen LogP contribution >= 0.6 is 0 Å². The quantitative estimate of drug-likeness (QED) is 0.250. The van der Waals surface area contributed by atoms with Gasteiger partial charge in [-0.3, -0.25) is 19.2 Å². The van der Waals surface area contributed by atoms with Gasteiger partial charge in [-0.1, -0.05) is 57.0 Å². The number of imide groups is 1. The molecule has 1 atom stereocenters. The fourth-order valence-electron chi connectivity index (χ4n) is 4.28. The number of hydrogen-bond acceptors (Lipinski definition) is 6. The second-order valence-electron chi connectivity index (χ2n) is 11.4. The molecule has 0 spiro atoms. The normalized spacial score (nSPS) is 11.2. The van der Waals surface area contributed by atoms with Gasteiger partial charge in [0.1, 0.15) is 12.3 Å². The topological polar surface area (TPSA) is 125 Å². The van der Waals surface area contributed by atoms with Crippen LogP contribution in [0, 0.1) is 100 Å². The van der Waals surface area contributed by atoms with Crippen LogP contribution in [0.1, 0.15) is 33.3 Å². The van der Waals surface area contributed by atoms with Gasteiger partial charge in [0, 0.05) is 23.6 Å². The number of benzene rings is 2. The highest BCUT2D eigenvalue weighted by Gasteiger charge is 2.49. The van der Waals surface area contributed by atoms with E-state index >= 15 is 0 Å². The Labute approximate surface area is 303 Å². The zero-order chi connectivity index (χ0) is 37.9. The number of anilines is 2. The van der Waals surface area contributed by atoms with E-state index in [-0.39, 0.29) is 30.2 Å². The van der Waals surface area contributed by atoms with Crippen molar-refractivity contribution in [2.75, 3.05) is 24.3 Å². The molecule has 0 saturated carbocycles. The number of Topliss-reactive ketones (excluding diaryl/α,β-unsaturated/α-hetero) is 1. The Bertz CT molecular complexity index is 2300. The molecule has 1 saturated heterocycles. The monoisotopic (exact) mass is 686 g/mol. The maximum absolute atomic E-state index is 13.8. The van der Waals surface area contributed by atoms with Crippen LogP contribution in [0.5, 0.6) is 5.75 Å². The lowest BCUT2D eigenvalue weighted by molar-refractivity contribution is -0.143. The summed E-state index contributed by atoms with van der Waals surface area (Å²) in [6, 6.07) is 10.8. The standard InChI is InChI=1S/C42H30N4O6/c1-6-7-8-9-10-11-12-13-14-15-16-17-18-19-23-26-36(47)43-33-27-28-35(52-5)34(29-33)44-40(50)38(39(49)42(2,3)4)46-37(48)31-45(41(46)51)30-32-24-21-20-22-25-32/h20-22,24-25,27-29,38H,30-31H2,1-5H3,(H,43,47)(H,44,50). The molecule has 0 radical (unpaired) electrons. The summed E-state index contributed by atoms with van der Waals surface area (Å²) < 4.78 is 5.37. The second kappa shape index (κ2) is 19.3. The van der Waals surface area contributed by atoms with Crippen LogP contribution in [0.3, 0.4) is 0 Å². The van der Waals surface area contributed by atoms with Gasteiger partial charge in [0.05, 0.1) is 12.8 Å². The number of nitrogens with zero attached hydrogens (tertiary/aromatic N) is 2. The number of ketones is 1. The zero-order valence-electron chi connectivity index (χ0n) is 29.0. The molecule has 52 heavy (non-hydrogen) atoms. The van der Waals surface area contributed by atoms with E-state index in [1.54, 1.807) is 52.0 Å². The van der Waals surface area contributed by atoms with Gasteiger partial charge in [0.25, 0.3) is 11.8 Å². The smallest absolute Gasteiger partial charge is 0.328 e. The lowest BCUT2D eigenvalue weighted by Gasteiger charge is -2.29. The van der Waals surface area contributed by atoms with E-state index < -0.39 is 41.0 Å². The minimum atomic E-state index is -1.78. The Morgan fingerprint density at radius 2 is 1.35 bits per heavy atom. The van der Waals surface area contributed by atoms with Crippen LogP contribution in [0.25, 0.3) is 0 Å². The molecule has 2 N–H and O–H groups in total. The van der Waals surface area contributed by atoms with E-state index in [2.05, 4.69) is 105 Å². The summed E-state index contributed by atoms with van der Waals surface area (Å²) in [7, 11) is 1.36. The molecule has 5 amide bonds. The molecule has 10 nitrogen and oxygen atoms in total. The Hall–Kier alpha value is -7.73. The first-order valence-electron chi connectivity index (χ1n) is 15.4. The maximum atomic E-state index is 13.8. The van der Waals surface area contributed by atoms with Crippen LogP contribution in [0.2, 0.25) is 0 Å². The van der Waals surface area contributed by atoms with Gasteiger partial charge < -0.3 is 20.3 Å². The number of rotatable bonds is 8. The zero-order valence-corrected chi connectivity index (χ0v) is 29.0. The lowest BCUT2D eigenvalue weighted by Crippen LogP contribution is -2.55. The van der Waals surface area contributed by atoms with Gasteiger partial charge in [-0.15, -0.1) is 0 Å². The Kier molecular flexibility index (Phi) is 14.4. The number of urea groups is 1. The fourth-order valence-corrected chi connectivity index (χ4v) is 4.28.